The smallest absolute Gasteiger partial charge is 0.214 e. The SMILES string of the molecule is CCN(C1(CN)CCCCC1)S(=O)(=O)CCC(C)C. The average Bonchev–Trinajstić information content (AvgIpc) is 2.38. The van der Waals surface area contributed by atoms with Gasteiger partial charge >= 0.3 is 0 Å². The summed E-state index contributed by atoms with van der Waals surface area (Å²) < 4.78 is 26.9. The Morgan fingerprint density at radius 1 is 1.21 bits per heavy atom. The summed E-state index contributed by atoms with van der Waals surface area (Å²) in [6.07, 6.45) is 5.93. The maximum atomic E-state index is 12.6. The first-order valence-corrected chi connectivity index (χ1v) is 9.19. The van der Waals surface area contributed by atoms with Crippen molar-refractivity contribution < 1.29 is 8.42 Å². The molecule has 2 N–H and O–H groups in total. The summed E-state index contributed by atoms with van der Waals surface area (Å²) in [5.41, 5.74) is 5.64. The Hall–Kier alpha value is -0.130. The van der Waals surface area contributed by atoms with Crippen LogP contribution in [0.4, 0.5) is 0 Å². The molecule has 0 bridgehead atoms. The maximum Gasteiger partial charge on any atom is 0.214 e. The fourth-order valence-electron chi connectivity index (χ4n) is 3.09. The summed E-state index contributed by atoms with van der Waals surface area (Å²) in [6.45, 7) is 7.04. The van der Waals surface area contributed by atoms with Crippen LogP contribution < -0.4 is 5.73 Å². The van der Waals surface area contributed by atoms with Gasteiger partial charge in [-0.1, -0.05) is 40.0 Å². The first-order chi connectivity index (χ1) is 8.88. The van der Waals surface area contributed by atoms with Crippen LogP contribution in [0.15, 0.2) is 0 Å². The topological polar surface area (TPSA) is 63.4 Å². The third-order valence-electron chi connectivity index (χ3n) is 4.27. The Morgan fingerprint density at radius 3 is 2.21 bits per heavy atom. The second-order valence-electron chi connectivity index (χ2n) is 6.15. The Bertz CT molecular complexity index is 360. The summed E-state index contributed by atoms with van der Waals surface area (Å²) >= 11 is 0. The molecule has 19 heavy (non-hydrogen) atoms. The Morgan fingerprint density at radius 2 is 1.79 bits per heavy atom. The molecule has 0 radical (unpaired) electrons. The molecule has 1 rings (SSSR count). The summed E-state index contributed by atoms with van der Waals surface area (Å²) in [4.78, 5) is 0. The molecule has 5 heteroatoms. The average molecular weight is 290 g/mol. The maximum absolute atomic E-state index is 12.6. The third kappa shape index (κ3) is 4.17. The van der Waals surface area contributed by atoms with E-state index in [2.05, 4.69) is 13.8 Å². The van der Waals surface area contributed by atoms with Crippen LogP contribution in [0.3, 0.4) is 0 Å². The molecule has 0 unspecified atom stereocenters. The lowest BCUT2D eigenvalue weighted by Crippen LogP contribution is -2.57. The lowest BCUT2D eigenvalue weighted by atomic mass is 9.81. The zero-order valence-corrected chi connectivity index (χ0v) is 13.5. The number of sulfonamides is 1. The molecule has 0 saturated heterocycles. The van der Waals surface area contributed by atoms with Gasteiger partial charge in [0.2, 0.25) is 10.0 Å². The van der Waals surface area contributed by atoms with Crippen LogP contribution in [-0.2, 0) is 10.0 Å². The van der Waals surface area contributed by atoms with Gasteiger partial charge in [-0.05, 0) is 25.2 Å². The Balaban J connectivity index is 2.90. The lowest BCUT2D eigenvalue weighted by molar-refractivity contribution is 0.141. The van der Waals surface area contributed by atoms with Crippen LogP contribution in [0.5, 0.6) is 0 Å². The molecule has 1 saturated carbocycles. The highest BCUT2D eigenvalue weighted by Gasteiger charge is 2.41. The van der Waals surface area contributed by atoms with Crippen LogP contribution in [-0.4, -0.2) is 37.1 Å². The minimum atomic E-state index is -3.18. The number of hydrogen-bond acceptors (Lipinski definition) is 3. The van der Waals surface area contributed by atoms with E-state index in [0.717, 1.165) is 32.1 Å². The molecule has 0 amide bonds. The van der Waals surface area contributed by atoms with E-state index >= 15 is 0 Å². The molecule has 0 aromatic rings. The standard InChI is InChI=1S/C14H30N2O2S/c1-4-16(19(17,18)11-8-13(2)3)14(12-15)9-6-5-7-10-14/h13H,4-12,15H2,1-3H3. The highest BCUT2D eigenvalue weighted by Crippen LogP contribution is 2.35. The molecule has 1 fully saturated rings. The third-order valence-corrected chi connectivity index (χ3v) is 6.34. The molecule has 1 aliphatic carbocycles. The highest BCUT2D eigenvalue weighted by atomic mass is 32.2. The first kappa shape index (κ1) is 16.9. The molecule has 114 valence electrons. The van der Waals surface area contributed by atoms with E-state index in [1.807, 2.05) is 6.92 Å². The van der Waals surface area contributed by atoms with Crippen molar-refractivity contribution in [3.63, 3.8) is 0 Å². The van der Waals surface area contributed by atoms with Crippen LogP contribution in [0.1, 0.15) is 59.3 Å². The predicted octanol–water partition coefficient (Wildman–Crippen LogP) is 2.35. The van der Waals surface area contributed by atoms with E-state index in [-0.39, 0.29) is 11.3 Å². The van der Waals surface area contributed by atoms with Gasteiger partial charge < -0.3 is 5.73 Å². The van der Waals surface area contributed by atoms with Crippen molar-refractivity contribution in [1.29, 1.82) is 0 Å². The van der Waals surface area contributed by atoms with Crippen LogP contribution in [0.2, 0.25) is 0 Å². The van der Waals surface area contributed by atoms with Crippen molar-refractivity contribution in [1.82, 2.24) is 4.31 Å². The zero-order valence-electron chi connectivity index (χ0n) is 12.7. The van der Waals surface area contributed by atoms with Crippen molar-refractivity contribution in [2.24, 2.45) is 11.7 Å². The molecule has 0 aromatic carbocycles. The molecule has 0 atom stereocenters. The number of likely N-dealkylation sites (N-methyl/N-ethyl adjacent to an activating group) is 1. The van der Waals surface area contributed by atoms with Gasteiger partial charge in [0.25, 0.3) is 0 Å². The van der Waals surface area contributed by atoms with E-state index in [1.54, 1.807) is 4.31 Å². The van der Waals surface area contributed by atoms with Crippen molar-refractivity contribution >= 4 is 10.0 Å². The first-order valence-electron chi connectivity index (χ1n) is 7.58. The van der Waals surface area contributed by atoms with E-state index in [0.29, 0.717) is 19.0 Å². The summed E-state index contributed by atoms with van der Waals surface area (Å²) in [7, 11) is -3.18. The number of rotatable bonds is 7. The number of hydrogen-bond donors (Lipinski definition) is 1. The van der Waals surface area contributed by atoms with E-state index in [1.165, 1.54) is 6.42 Å². The second kappa shape index (κ2) is 7.04. The van der Waals surface area contributed by atoms with Gasteiger partial charge in [-0.3, -0.25) is 0 Å². The van der Waals surface area contributed by atoms with Crippen molar-refractivity contribution in [2.75, 3.05) is 18.8 Å². The normalized spacial score (nSPS) is 20.1. The van der Waals surface area contributed by atoms with Gasteiger partial charge in [-0.2, -0.15) is 4.31 Å². The molecule has 1 aliphatic rings. The van der Waals surface area contributed by atoms with Gasteiger partial charge in [-0.25, -0.2) is 8.42 Å². The quantitative estimate of drug-likeness (QED) is 0.783. The van der Waals surface area contributed by atoms with Crippen molar-refractivity contribution in [3.05, 3.63) is 0 Å². The van der Waals surface area contributed by atoms with Crippen molar-refractivity contribution in [2.45, 2.75) is 64.8 Å². The largest absolute Gasteiger partial charge is 0.329 e. The zero-order chi connectivity index (χ0) is 14.5. The second-order valence-corrected chi connectivity index (χ2v) is 8.17. The minimum Gasteiger partial charge on any atom is -0.329 e. The fourth-order valence-corrected chi connectivity index (χ4v) is 5.32. The molecule has 4 nitrogen and oxygen atoms in total. The Kier molecular flexibility index (Phi) is 6.27. The van der Waals surface area contributed by atoms with Gasteiger partial charge in [0.05, 0.1) is 5.75 Å². The predicted molar refractivity (Wildman–Crippen MR) is 80.5 cm³/mol. The molecule has 0 aliphatic heterocycles. The van der Waals surface area contributed by atoms with Crippen molar-refractivity contribution in [3.8, 4) is 0 Å². The van der Waals surface area contributed by atoms with Crippen LogP contribution >= 0.6 is 0 Å². The number of nitrogens with two attached hydrogens (primary N) is 1. The minimum absolute atomic E-state index is 0.250. The van der Waals surface area contributed by atoms with E-state index in [4.69, 9.17) is 5.73 Å². The van der Waals surface area contributed by atoms with Gasteiger partial charge in [0.15, 0.2) is 0 Å². The van der Waals surface area contributed by atoms with Gasteiger partial charge in [0.1, 0.15) is 0 Å². The molecule has 0 heterocycles. The summed E-state index contributed by atoms with van der Waals surface area (Å²) in [5, 5.41) is 0. The van der Waals surface area contributed by atoms with Crippen LogP contribution in [0, 0.1) is 5.92 Å². The lowest BCUT2D eigenvalue weighted by Gasteiger charge is -2.44. The monoisotopic (exact) mass is 290 g/mol. The Labute approximate surface area is 118 Å². The molecule has 0 aromatic heterocycles. The summed E-state index contributed by atoms with van der Waals surface area (Å²) in [5.74, 6) is 0.661. The van der Waals surface area contributed by atoms with Crippen LogP contribution in [0.25, 0.3) is 0 Å². The molecule has 0 spiro atoms. The van der Waals surface area contributed by atoms with E-state index < -0.39 is 10.0 Å². The number of nitrogens with zero attached hydrogens (tertiary/aromatic N) is 1. The van der Waals surface area contributed by atoms with Gasteiger partial charge in [0, 0.05) is 18.6 Å². The molecular formula is C14H30N2O2S. The highest BCUT2D eigenvalue weighted by molar-refractivity contribution is 7.89. The van der Waals surface area contributed by atoms with Gasteiger partial charge in [-0.15, -0.1) is 0 Å². The molecular weight excluding hydrogens is 260 g/mol. The summed E-state index contributed by atoms with van der Waals surface area (Å²) in [6, 6.07) is 0. The van der Waals surface area contributed by atoms with E-state index in [9.17, 15) is 8.42 Å². The fraction of sp³-hybridized carbons (Fsp3) is 1.00.